The minimum atomic E-state index is -1.29. The van der Waals surface area contributed by atoms with Gasteiger partial charge in [0.15, 0.2) is 0 Å². The summed E-state index contributed by atoms with van der Waals surface area (Å²) in [5.74, 6) is -0.601. The van der Waals surface area contributed by atoms with Gasteiger partial charge in [-0.2, -0.15) is 0 Å². The summed E-state index contributed by atoms with van der Waals surface area (Å²) < 4.78 is 0. The Hall–Kier alpha value is -1.47. The van der Waals surface area contributed by atoms with Crippen molar-refractivity contribution < 1.29 is 25.2 Å². The molecular formula is C56H107NO5. The largest absolute Gasteiger partial charge is 0.394 e. The molecule has 0 aliphatic rings. The molecule has 6 heteroatoms. The molecule has 0 saturated carbocycles. The number of aliphatic hydroxyl groups is 4. The highest BCUT2D eigenvalue weighted by Gasteiger charge is 2.28. The van der Waals surface area contributed by atoms with E-state index in [1.807, 2.05) is 0 Å². The maximum absolute atomic E-state index is 12.5. The van der Waals surface area contributed by atoms with Crippen molar-refractivity contribution in [2.45, 2.75) is 308 Å². The van der Waals surface area contributed by atoms with Gasteiger partial charge in [0.25, 0.3) is 0 Å². The van der Waals surface area contributed by atoms with Crippen LogP contribution in [0.25, 0.3) is 0 Å². The third-order valence-corrected chi connectivity index (χ3v) is 12.8. The van der Waals surface area contributed by atoms with E-state index >= 15 is 0 Å². The van der Waals surface area contributed by atoms with E-state index < -0.39 is 36.9 Å². The number of carbonyl (C=O) groups is 1. The first-order chi connectivity index (χ1) is 30.5. The van der Waals surface area contributed by atoms with Gasteiger partial charge in [-0.05, 0) is 77.0 Å². The molecule has 0 saturated heterocycles. The van der Waals surface area contributed by atoms with E-state index in [1.54, 1.807) is 0 Å². The molecular weight excluding hydrogens is 767 g/mol. The maximum atomic E-state index is 12.5. The number of allylic oxidation sites excluding steroid dienone is 6. The Morgan fingerprint density at radius 3 is 1.02 bits per heavy atom. The Morgan fingerprint density at radius 1 is 0.387 bits per heavy atom. The van der Waals surface area contributed by atoms with E-state index in [0.29, 0.717) is 19.3 Å². The first kappa shape index (κ1) is 60.5. The molecule has 4 atom stereocenters. The van der Waals surface area contributed by atoms with Crippen LogP contribution in [0.1, 0.15) is 284 Å². The summed E-state index contributed by atoms with van der Waals surface area (Å²) in [6.45, 7) is 4.05. The van der Waals surface area contributed by atoms with Crippen LogP contribution in [0.2, 0.25) is 0 Å². The molecule has 0 aromatic carbocycles. The topological polar surface area (TPSA) is 110 Å². The van der Waals surface area contributed by atoms with Gasteiger partial charge in [0.1, 0.15) is 12.2 Å². The first-order valence-corrected chi connectivity index (χ1v) is 27.4. The molecule has 4 unspecified atom stereocenters. The van der Waals surface area contributed by atoms with Crippen molar-refractivity contribution in [2.75, 3.05) is 6.61 Å². The number of nitrogens with one attached hydrogen (secondary N) is 1. The smallest absolute Gasteiger partial charge is 0.249 e. The summed E-state index contributed by atoms with van der Waals surface area (Å²) >= 11 is 0. The Balaban J connectivity index is 3.67. The normalized spacial score (nSPS) is 14.1. The monoisotopic (exact) mass is 874 g/mol. The Morgan fingerprint density at radius 2 is 0.677 bits per heavy atom. The summed E-state index contributed by atoms with van der Waals surface area (Å²) in [5.41, 5.74) is 0. The van der Waals surface area contributed by atoms with Gasteiger partial charge in [-0.1, -0.05) is 243 Å². The Kier molecular flexibility index (Phi) is 49.3. The van der Waals surface area contributed by atoms with Crippen molar-refractivity contribution in [1.82, 2.24) is 5.32 Å². The zero-order valence-corrected chi connectivity index (χ0v) is 41.4. The van der Waals surface area contributed by atoms with Gasteiger partial charge >= 0.3 is 0 Å². The number of rotatable bonds is 50. The lowest BCUT2D eigenvalue weighted by molar-refractivity contribution is -0.132. The quantitative estimate of drug-likeness (QED) is 0.0309. The second-order valence-electron chi connectivity index (χ2n) is 18.9. The van der Waals surface area contributed by atoms with Gasteiger partial charge in [0.05, 0.1) is 18.8 Å². The van der Waals surface area contributed by atoms with Gasteiger partial charge in [-0.3, -0.25) is 4.79 Å². The van der Waals surface area contributed by atoms with Crippen LogP contribution in [0.15, 0.2) is 36.5 Å². The van der Waals surface area contributed by atoms with Crippen LogP contribution >= 0.6 is 0 Å². The van der Waals surface area contributed by atoms with E-state index in [1.165, 1.54) is 199 Å². The molecule has 1 amide bonds. The maximum Gasteiger partial charge on any atom is 0.249 e. The van der Waals surface area contributed by atoms with Crippen LogP contribution in [0.4, 0.5) is 0 Å². The number of aliphatic hydroxyl groups excluding tert-OH is 4. The number of unbranched alkanes of at least 4 members (excludes halogenated alkanes) is 35. The molecule has 62 heavy (non-hydrogen) atoms. The number of amides is 1. The van der Waals surface area contributed by atoms with Crippen molar-refractivity contribution in [3.8, 4) is 0 Å². The van der Waals surface area contributed by atoms with Crippen molar-refractivity contribution in [1.29, 1.82) is 0 Å². The highest BCUT2D eigenvalue weighted by molar-refractivity contribution is 5.80. The molecule has 0 aliphatic carbocycles. The van der Waals surface area contributed by atoms with Crippen LogP contribution in [-0.2, 0) is 4.79 Å². The minimum absolute atomic E-state index is 0.353. The fraction of sp³-hybridized carbons (Fsp3) is 0.875. The van der Waals surface area contributed by atoms with E-state index in [9.17, 15) is 25.2 Å². The molecule has 0 aliphatic heterocycles. The van der Waals surface area contributed by atoms with Crippen LogP contribution in [0.3, 0.4) is 0 Å². The van der Waals surface area contributed by atoms with Crippen LogP contribution in [-0.4, -0.2) is 57.3 Å². The molecule has 366 valence electrons. The highest BCUT2D eigenvalue weighted by atomic mass is 16.3. The second-order valence-corrected chi connectivity index (χ2v) is 18.9. The lowest BCUT2D eigenvalue weighted by Gasteiger charge is -2.27. The average Bonchev–Trinajstić information content (AvgIpc) is 3.28. The number of carbonyl (C=O) groups excluding carboxylic acids is 1. The molecule has 5 N–H and O–H groups in total. The third-order valence-electron chi connectivity index (χ3n) is 12.8. The van der Waals surface area contributed by atoms with Crippen molar-refractivity contribution in [2.24, 2.45) is 0 Å². The highest BCUT2D eigenvalue weighted by Crippen LogP contribution is 2.17. The predicted molar refractivity (Wildman–Crippen MR) is 270 cm³/mol. The summed E-state index contributed by atoms with van der Waals surface area (Å²) in [7, 11) is 0. The molecule has 0 bridgehead atoms. The lowest BCUT2D eigenvalue weighted by Crippen LogP contribution is -2.53. The standard InChI is InChI=1S/C56H107NO5/c1-3-5-7-9-11-13-15-17-19-21-22-23-24-25-26-27-28-29-30-31-32-33-34-36-37-39-41-43-45-47-49-53(59)55(61)52(51-58)57-56(62)54(60)50-48-46-44-42-40-38-35-20-18-16-14-12-10-8-6-4-2/h18,20,34,36,41,43,52-55,58-61H,3-17,19,21-33,35,37-40,42,44-51H2,1-2H3,(H,57,62)/b20-18-,36-34+,43-41+. The van der Waals surface area contributed by atoms with Crippen molar-refractivity contribution in [3.63, 3.8) is 0 Å². The van der Waals surface area contributed by atoms with Gasteiger partial charge in [0.2, 0.25) is 5.91 Å². The zero-order valence-electron chi connectivity index (χ0n) is 41.4. The van der Waals surface area contributed by atoms with E-state index in [2.05, 4.69) is 55.6 Å². The third kappa shape index (κ3) is 43.8. The Bertz CT molecular complexity index is 981. The summed E-state index contributed by atoms with van der Waals surface area (Å²) in [6.07, 6.45) is 62.2. The van der Waals surface area contributed by atoms with E-state index in [-0.39, 0.29) is 0 Å². The second kappa shape index (κ2) is 50.5. The molecule has 0 rings (SSSR count). The van der Waals surface area contributed by atoms with Gasteiger partial charge in [-0.15, -0.1) is 0 Å². The average molecular weight is 874 g/mol. The number of hydrogen-bond donors (Lipinski definition) is 5. The van der Waals surface area contributed by atoms with Crippen molar-refractivity contribution >= 4 is 5.91 Å². The molecule has 0 radical (unpaired) electrons. The fourth-order valence-electron chi connectivity index (χ4n) is 8.48. The van der Waals surface area contributed by atoms with Crippen LogP contribution in [0.5, 0.6) is 0 Å². The van der Waals surface area contributed by atoms with E-state index in [0.717, 1.165) is 51.4 Å². The summed E-state index contributed by atoms with van der Waals surface area (Å²) in [6, 6.07) is -1.01. The van der Waals surface area contributed by atoms with Crippen LogP contribution < -0.4 is 5.32 Å². The summed E-state index contributed by atoms with van der Waals surface area (Å²) in [4.78, 5) is 12.5. The van der Waals surface area contributed by atoms with Gasteiger partial charge < -0.3 is 25.7 Å². The van der Waals surface area contributed by atoms with E-state index in [4.69, 9.17) is 0 Å². The zero-order chi connectivity index (χ0) is 45.2. The first-order valence-electron chi connectivity index (χ1n) is 27.4. The molecule has 0 fully saturated rings. The molecule has 0 aromatic rings. The lowest BCUT2D eigenvalue weighted by atomic mass is 10.00. The van der Waals surface area contributed by atoms with Gasteiger partial charge in [0, 0.05) is 0 Å². The fourth-order valence-corrected chi connectivity index (χ4v) is 8.48. The van der Waals surface area contributed by atoms with Crippen molar-refractivity contribution in [3.05, 3.63) is 36.5 Å². The number of hydrogen-bond acceptors (Lipinski definition) is 5. The van der Waals surface area contributed by atoms with Crippen LogP contribution in [0, 0.1) is 0 Å². The molecule has 0 aromatic heterocycles. The molecule has 6 nitrogen and oxygen atoms in total. The SMILES string of the molecule is CCCCCCCC/C=C\CCCCCCCCC(O)C(=O)NC(CO)C(O)C(O)CCC/C=C/CC/C=C/CCCCCCCCCCCCCCCCCCCCCCC. The summed E-state index contributed by atoms with van der Waals surface area (Å²) in [5, 5.41) is 43.8. The Labute approximate surface area is 386 Å². The predicted octanol–water partition coefficient (Wildman–Crippen LogP) is 15.6. The minimum Gasteiger partial charge on any atom is -0.394 e. The molecule has 0 heterocycles. The molecule has 0 spiro atoms. The van der Waals surface area contributed by atoms with Gasteiger partial charge in [-0.25, -0.2) is 0 Å².